The summed E-state index contributed by atoms with van der Waals surface area (Å²) in [5.74, 6) is 0.805. The van der Waals surface area contributed by atoms with Crippen molar-refractivity contribution in [2.45, 2.75) is 6.92 Å². The van der Waals surface area contributed by atoms with Gasteiger partial charge >= 0.3 is 184 Å². The van der Waals surface area contributed by atoms with Crippen LogP contribution in [0.15, 0.2) is 48.7 Å². The molecule has 0 aliphatic rings. The Morgan fingerprint density at radius 1 is 1.00 bits per heavy atom. The van der Waals surface area contributed by atoms with Crippen molar-refractivity contribution >= 4 is 41.6 Å². The number of pyridine rings is 1. The van der Waals surface area contributed by atoms with Crippen LogP contribution in [0.25, 0.3) is 20.9 Å². The molecule has 11 heteroatoms. The molecule has 0 amide bonds. The Morgan fingerprint density at radius 3 is 2.62 bits per heavy atom. The van der Waals surface area contributed by atoms with Crippen molar-refractivity contribution in [1.82, 2.24) is 15.0 Å². The summed E-state index contributed by atoms with van der Waals surface area (Å²) >= 11 is -0.0735. The summed E-state index contributed by atoms with van der Waals surface area (Å²) in [6.45, 7) is 3.83. The first-order valence-corrected chi connectivity index (χ1v) is 13.4. The van der Waals surface area contributed by atoms with Gasteiger partial charge in [-0.2, -0.15) is 0 Å². The molecule has 0 unspecified atom stereocenters. The van der Waals surface area contributed by atoms with Crippen LogP contribution in [0.5, 0.6) is 11.9 Å². The van der Waals surface area contributed by atoms with Crippen LogP contribution < -0.4 is 14.8 Å². The van der Waals surface area contributed by atoms with Crippen LogP contribution >= 0.6 is 0 Å². The Labute approximate surface area is 220 Å². The normalized spacial score (nSPS) is 10.9. The molecule has 0 bridgehead atoms. The maximum atomic E-state index is 12.2. The molecule has 1 N–H and O–H groups in total. The summed E-state index contributed by atoms with van der Waals surface area (Å²) < 4.78 is 28.4. The van der Waals surface area contributed by atoms with Crippen LogP contribution in [0.4, 0.5) is 11.5 Å². The third-order valence-electron chi connectivity index (χ3n) is 5.10. The Morgan fingerprint density at radius 2 is 1.86 bits per heavy atom. The molecule has 37 heavy (non-hydrogen) atoms. The Hall–Kier alpha value is -3.50. The van der Waals surface area contributed by atoms with E-state index in [4.69, 9.17) is 23.7 Å². The monoisotopic (exact) mass is 572 g/mol. The topological polar surface area (TPSA) is 114 Å². The average Bonchev–Trinajstić information content (AvgIpc) is 3.34. The zero-order chi connectivity index (χ0) is 26.0. The van der Waals surface area contributed by atoms with Crippen LogP contribution in [0.3, 0.4) is 0 Å². The van der Waals surface area contributed by atoms with Gasteiger partial charge in [-0.25, -0.2) is 0 Å². The predicted molar refractivity (Wildman–Crippen MR) is 140 cm³/mol. The summed E-state index contributed by atoms with van der Waals surface area (Å²) in [6, 6.07) is 13.5. The number of carbonyl (C=O) groups is 1. The maximum absolute atomic E-state index is 12.2. The molecule has 3 heterocycles. The van der Waals surface area contributed by atoms with Gasteiger partial charge in [0, 0.05) is 7.11 Å². The molecule has 0 atom stereocenters. The van der Waals surface area contributed by atoms with Gasteiger partial charge in [0.15, 0.2) is 0 Å². The number of benzene rings is 1. The molecule has 0 radical (unpaired) electrons. The van der Waals surface area contributed by atoms with E-state index in [1.165, 1.54) is 0 Å². The quantitative estimate of drug-likeness (QED) is 0.145. The number of methoxy groups -OCH3 is 2. The molecule has 0 spiro atoms. The molecule has 194 valence electrons. The Kier molecular flexibility index (Phi) is 9.45. The summed E-state index contributed by atoms with van der Waals surface area (Å²) in [5.41, 5.74) is 2.24. The van der Waals surface area contributed by atoms with Gasteiger partial charge in [-0.1, -0.05) is 0 Å². The van der Waals surface area contributed by atoms with Gasteiger partial charge in [-0.3, -0.25) is 0 Å². The van der Waals surface area contributed by atoms with Crippen molar-refractivity contribution < 1.29 is 28.5 Å². The van der Waals surface area contributed by atoms with Gasteiger partial charge in [0.2, 0.25) is 0 Å². The van der Waals surface area contributed by atoms with E-state index in [1.807, 2.05) is 36.4 Å². The van der Waals surface area contributed by atoms with Gasteiger partial charge in [0.05, 0.1) is 20.3 Å². The molecule has 0 saturated heterocycles. The standard InChI is InChI=1S/C26H28N4O6Se/c1-4-35-25(31)22-14-18-13-19(6-7-21(18)37-22)28-23-15-20(17-5-8-24(33-3)27-16-17)29-26(30-23)36-12-11-34-10-9-32-2/h5-8,13-16H,4,9-12H2,1-3H3,(H,28,29,30). The second kappa shape index (κ2) is 13.2. The molecule has 0 aliphatic heterocycles. The Bertz CT molecular complexity index is 1330. The zero-order valence-corrected chi connectivity index (χ0v) is 22.6. The number of hydrogen-bond acceptors (Lipinski definition) is 10. The summed E-state index contributed by atoms with van der Waals surface area (Å²) in [7, 11) is 3.19. The SMILES string of the molecule is CCOC(=O)c1cc2cc(Nc3cc(-c4ccc(OC)nc4)nc(OCCOCCOC)n3)ccc2[se]1. The van der Waals surface area contributed by atoms with E-state index in [2.05, 4.69) is 20.3 Å². The van der Waals surface area contributed by atoms with Crippen LogP contribution in [-0.2, 0) is 14.2 Å². The van der Waals surface area contributed by atoms with E-state index in [9.17, 15) is 4.79 Å². The summed E-state index contributed by atoms with van der Waals surface area (Å²) in [6.07, 6.45) is 1.68. The number of esters is 1. The second-order valence-electron chi connectivity index (χ2n) is 7.67. The molecule has 0 saturated carbocycles. The van der Waals surface area contributed by atoms with Gasteiger partial charge in [0.25, 0.3) is 0 Å². The van der Waals surface area contributed by atoms with Crippen LogP contribution in [0, 0.1) is 0 Å². The molecule has 0 aliphatic carbocycles. The molecule has 1 aromatic carbocycles. The van der Waals surface area contributed by atoms with E-state index in [0.717, 1.165) is 20.9 Å². The van der Waals surface area contributed by atoms with Crippen molar-refractivity contribution in [1.29, 1.82) is 0 Å². The molecular weight excluding hydrogens is 543 g/mol. The summed E-state index contributed by atoms with van der Waals surface area (Å²) in [4.78, 5) is 25.5. The number of nitrogens with zero attached hydrogens (tertiary/aromatic N) is 3. The van der Waals surface area contributed by atoms with E-state index >= 15 is 0 Å². The average molecular weight is 571 g/mol. The first-order chi connectivity index (χ1) is 18.1. The van der Waals surface area contributed by atoms with Gasteiger partial charge < -0.3 is 9.47 Å². The van der Waals surface area contributed by atoms with E-state index in [-0.39, 0.29) is 33.1 Å². The molecule has 0 fully saturated rings. The van der Waals surface area contributed by atoms with Crippen LogP contribution in [-0.4, -0.2) is 82.7 Å². The Balaban J connectivity index is 1.56. The minimum absolute atomic E-state index is 0.0735. The van der Waals surface area contributed by atoms with Crippen molar-refractivity contribution in [3.8, 4) is 23.1 Å². The molecular formula is C26H28N4O6Se. The van der Waals surface area contributed by atoms with Crippen molar-refractivity contribution in [3.05, 3.63) is 53.1 Å². The van der Waals surface area contributed by atoms with E-state index in [0.29, 0.717) is 48.3 Å². The number of rotatable bonds is 13. The third-order valence-corrected chi connectivity index (χ3v) is 7.40. The van der Waals surface area contributed by atoms with Crippen LogP contribution in [0.2, 0.25) is 0 Å². The minimum atomic E-state index is -0.255. The van der Waals surface area contributed by atoms with Gasteiger partial charge in [-0.15, -0.1) is 0 Å². The fraction of sp³-hybridized carbons (Fsp3) is 0.308. The number of hydrogen-bond donors (Lipinski definition) is 1. The van der Waals surface area contributed by atoms with Crippen molar-refractivity contribution in [2.24, 2.45) is 0 Å². The summed E-state index contributed by atoms with van der Waals surface area (Å²) in [5, 5.41) is 4.32. The number of anilines is 2. The number of nitrogens with one attached hydrogen (secondary N) is 1. The molecule has 4 rings (SSSR count). The fourth-order valence-corrected chi connectivity index (χ4v) is 5.33. The first kappa shape index (κ1) is 26.6. The predicted octanol–water partition coefficient (Wildman–Crippen LogP) is 3.72. The van der Waals surface area contributed by atoms with E-state index in [1.54, 1.807) is 33.4 Å². The molecule has 4 aromatic rings. The van der Waals surface area contributed by atoms with Crippen LogP contribution in [0.1, 0.15) is 16.2 Å². The van der Waals surface area contributed by atoms with Crippen molar-refractivity contribution in [3.63, 3.8) is 0 Å². The molecule has 3 aromatic heterocycles. The number of aromatic nitrogens is 3. The fourth-order valence-electron chi connectivity index (χ4n) is 3.36. The van der Waals surface area contributed by atoms with Gasteiger partial charge in [-0.05, 0) is 0 Å². The zero-order valence-electron chi connectivity index (χ0n) is 20.9. The number of ether oxygens (including phenoxy) is 5. The molecule has 10 nitrogen and oxygen atoms in total. The first-order valence-electron chi connectivity index (χ1n) is 11.7. The van der Waals surface area contributed by atoms with Gasteiger partial charge in [0.1, 0.15) is 0 Å². The second-order valence-corrected chi connectivity index (χ2v) is 9.95. The number of carbonyl (C=O) groups excluding carboxylic acids is 1. The van der Waals surface area contributed by atoms with E-state index < -0.39 is 0 Å². The number of fused-ring (bicyclic) bond motifs is 1. The third kappa shape index (κ3) is 7.27. The van der Waals surface area contributed by atoms with Crippen molar-refractivity contribution in [2.75, 3.05) is 52.6 Å².